The molecule has 0 radical (unpaired) electrons. The topological polar surface area (TPSA) is 43.3 Å². The predicted octanol–water partition coefficient (Wildman–Crippen LogP) is 2.68. The maximum absolute atomic E-state index is 6.01. The van der Waals surface area contributed by atoms with Gasteiger partial charge in [0.1, 0.15) is 0 Å². The second-order valence-corrected chi connectivity index (χ2v) is 9.26. The average Bonchev–Trinajstić information content (AvgIpc) is 3.33. The number of piperazine rings is 1. The van der Waals surface area contributed by atoms with Gasteiger partial charge in [-0.2, -0.15) is 0 Å². The van der Waals surface area contributed by atoms with Crippen LogP contribution in [0.4, 0.5) is 0 Å². The van der Waals surface area contributed by atoms with Gasteiger partial charge in [0.25, 0.3) is 0 Å². The number of hydrogen-bond donors (Lipinski definition) is 1. The lowest BCUT2D eigenvalue weighted by atomic mass is 9.88. The summed E-state index contributed by atoms with van der Waals surface area (Å²) in [6, 6.07) is 8.21. The number of ether oxygens (including phenoxy) is 1. The summed E-state index contributed by atoms with van der Waals surface area (Å²) in [4.78, 5) is 12.3. The molecule has 3 aliphatic heterocycles. The van der Waals surface area contributed by atoms with Crippen molar-refractivity contribution < 1.29 is 4.74 Å². The van der Waals surface area contributed by atoms with Gasteiger partial charge in [0.15, 0.2) is 5.96 Å². The van der Waals surface area contributed by atoms with Gasteiger partial charge in [0.05, 0.1) is 0 Å². The van der Waals surface area contributed by atoms with E-state index in [0.717, 1.165) is 76.3 Å². The fourth-order valence-corrected chi connectivity index (χ4v) is 5.22. The molecule has 1 aromatic carbocycles. The quantitative estimate of drug-likeness (QED) is 0.571. The maximum Gasteiger partial charge on any atom is 0.193 e. The fraction of sp³-hybridized carbons (Fsp3) is 0.696. The second-order valence-electron chi connectivity index (χ2n) is 8.82. The van der Waals surface area contributed by atoms with Crippen LogP contribution in [0.1, 0.15) is 31.2 Å². The standard InChI is InChI=1S/C23H36ClN5O/c1-25-22(26-19-23(8-16-30-17-9-23)29-10-2-3-11-29)28-14-12-27(13-15-28)18-20-4-6-21(24)7-5-20/h4-7H,2-3,8-19H2,1H3,(H,25,26). The normalized spacial score (nSPS) is 23.7. The first-order chi connectivity index (χ1) is 14.7. The van der Waals surface area contributed by atoms with E-state index in [2.05, 4.69) is 37.1 Å². The van der Waals surface area contributed by atoms with Gasteiger partial charge < -0.3 is 15.0 Å². The maximum atomic E-state index is 6.01. The molecule has 1 aromatic rings. The van der Waals surface area contributed by atoms with Crippen LogP contribution in [0.3, 0.4) is 0 Å². The molecular weight excluding hydrogens is 398 g/mol. The largest absolute Gasteiger partial charge is 0.381 e. The molecule has 30 heavy (non-hydrogen) atoms. The van der Waals surface area contributed by atoms with Crippen LogP contribution in [0.25, 0.3) is 0 Å². The number of nitrogens with one attached hydrogen (secondary N) is 1. The van der Waals surface area contributed by atoms with Crippen molar-refractivity contribution in [2.75, 3.05) is 66.1 Å². The van der Waals surface area contributed by atoms with Gasteiger partial charge in [0.2, 0.25) is 0 Å². The van der Waals surface area contributed by atoms with Crippen molar-refractivity contribution in [2.24, 2.45) is 4.99 Å². The number of guanidine groups is 1. The SMILES string of the molecule is CN=C(NCC1(N2CCCC2)CCOCC1)N1CCN(Cc2ccc(Cl)cc2)CC1. The van der Waals surface area contributed by atoms with Crippen molar-refractivity contribution in [3.8, 4) is 0 Å². The Morgan fingerprint density at radius 1 is 1.03 bits per heavy atom. The molecule has 0 atom stereocenters. The summed E-state index contributed by atoms with van der Waals surface area (Å²) in [5.41, 5.74) is 1.55. The molecule has 0 amide bonds. The number of rotatable bonds is 5. The van der Waals surface area contributed by atoms with Gasteiger partial charge in [-0.1, -0.05) is 23.7 Å². The number of nitrogens with zero attached hydrogens (tertiary/aromatic N) is 4. The summed E-state index contributed by atoms with van der Waals surface area (Å²) < 4.78 is 5.69. The van der Waals surface area contributed by atoms with Crippen LogP contribution in [0.2, 0.25) is 5.02 Å². The van der Waals surface area contributed by atoms with Crippen molar-refractivity contribution in [3.05, 3.63) is 34.9 Å². The number of halogens is 1. The van der Waals surface area contributed by atoms with Crippen LogP contribution in [0, 0.1) is 0 Å². The summed E-state index contributed by atoms with van der Waals surface area (Å²) in [6.45, 7) is 10.3. The number of hydrogen-bond acceptors (Lipinski definition) is 4. The lowest BCUT2D eigenvalue weighted by Gasteiger charge is -2.45. The predicted molar refractivity (Wildman–Crippen MR) is 123 cm³/mol. The fourth-order valence-electron chi connectivity index (χ4n) is 5.09. The minimum atomic E-state index is 0.223. The Kier molecular flexibility index (Phi) is 7.52. The third-order valence-electron chi connectivity index (χ3n) is 6.98. The molecule has 0 aromatic heterocycles. The molecule has 0 unspecified atom stereocenters. The Labute approximate surface area is 186 Å². The van der Waals surface area contributed by atoms with E-state index in [1.807, 2.05) is 19.2 Å². The van der Waals surface area contributed by atoms with E-state index < -0.39 is 0 Å². The Bertz CT molecular complexity index is 690. The van der Waals surface area contributed by atoms with Gasteiger partial charge in [0, 0.05) is 70.1 Å². The molecule has 0 bridgehead atoms. The first kappa shape index (κ1) is 21.9. The zero-order valence-electron chi connectivity index (χ0n) is 18.3. The minimum absolute atomic E-state index is 0.223. The van der Waals surface area contributed by atoms with Crippen molar-refractivity contribution in [1.82, 2.24) is 20.0 Å². The van der Waals surface area contributed by atoms with Crippen LogP contribution in [-0.2, 0) is 11.3 Å². The highest BCUT2D eigenvalue weighted by atomic mass is 35.5. The first-order valence-electron chi connectivity index (χ1n) is 11.4. The van der Waals surface area contributed by atoms with Gasteiger partial charge in [-0.3, -0.25) is 14.8 Å². The highest BCUT2D eigenvalue weighted by Gasteiger charge is 2.40. The van der Waals surface area contributed by atoms with Crippen molar-refractivity contribution in [1.29, 1.82) is 0 Å². The number of likely N-dealkylation sites (tertiary alicyclic amines) is 1. The molecular formula is C23H36ClN5O. The lowest BCUT2D eigenvalue weighted by molar-refractivity contribution is -0.0167. The van der Waals surface area contributed by atoms with Gasteiger partial charge >= 0.3 is 0 Å². The highest BCUT2D eigenvalue weighted by Crippen LogP contribution is 2.30. The van der Waals surface area contributed by atoms with Crippen LogP contribution in [0.15, 0.2) is 29.3 Å². The molecule has 4 rings (SSSR count). The molecule has 3 heterocycles. The van der Waals surface area contributed by atoms with Crippen molar-refractivity contribution in [2.45, 2.75) is 37.8 Å². The van der Waals surface area contributed by atoms with Crippen LogP contribution in [-0.4, -0.2) is 92.3 Å². The smallest absolute Gasteiger partial charge is 0.193 e. The zero-order chi connectivity index (χ0) is 20.8. The molecule has 3 aliphatic rings. The van der Waals surface area contributed by atoms with Gasteiger partial charge in [-0.15, -0.1) is 0 Å². The minimum Gasteiger partial charge on any atom is -0.381 e. The summed E-state index contributed by atoms with van der Waals surface area (Å²) in [6.07, 6.45) is 4.89. The zero-order valence-corrected chi connectivity index (χ0v) is 19.0. The number of benzene rings is 1. The summed E-state index contributed by atoms with van der Waals surface area (Å²) in [5.74, 6) is 1.05. The van der Waals surface area contributed by atoms with Crippen LogP contribution in [0.5, 0.6) is 0 Å². The molecule has 0 saturated carbocycles. The summed E-state index contributed by atoms with van der Waals surface area (Å²) in [5, 5.41) is 4.54. The van der Waals surface area contributed by atoms with E-state index in [1.165, 1.54) is 31.5 Å². The molecule has 0 aliphatic carbocycles. The molecule has 0 spiro atoms. The first-order valence-corrected chi connectivity index (χ1v) is 11.8. The van der Waals surface area contributed by atoms with E-state index in [-0.39, 0.29) is 5.54 Å². The van der Waals surface area contributed by atoms with Crippen molar-refractivity contribution >= 4 is 17.6 Å². The van der Waals surface area contributed by atoms with Crippen molar-refractivity contribution in [3.63, 3.8) is 0 Å². The molecule has 3 fully saturated rings. The van der Waals surface area contributed by atoms with Gasteiger partial charge in [-0.25, -0.2) is 0 Å². The Morgan fingerprint density at radius 3 is 2.33 bits per heavy atom. The molecule has 7 heteroatoms. The summed E-state index contributed by atoms with van der Waals surface area (Å²) >= 11 is 6.01. The lowest BCUT2D eigenvalue weighted by Crippen LogP contribution is -2.60. The van der Waals surface area contributed by atoms with Crippen LogP contribution >= 0.6 is 11.6 Å². The number of aliphatic imine (C=N–C) groups is 1. The Morgan fingerprint density at radius 2 is 1.70 bits per heavy atom. The molecule has 166 valence electrons. The molecule has 6 nitrogen and oxygen atoms in total. The van der Waals surface area contributed by atoms with E-state index in [1.54, 1.807) is 0 Å². The van der Waals surface area contributed by atoms with E-state index in [0.29, 0.717) is 0 Å². The second kappa shape index (κ2) is 10.3. The van der Waals surface area contributed by atoms with E-state index in [4.69, 9.17) is 16.3 Å². The third kappa shape index (κ3) is 5.28. The summed E-state index contributed by atoms with van der Waals surface area (Å²) in [7, 11) is 1.91. The Balaban J connectivity index is 1.29. The van der Waals surface area contributed by atoms with Gasteiger partial charge in [-0.05, 0) is 56.5 Å². The van der Waals surface area contributed by atoms with E-state index >= 15 is 0 Å². The Hall–Kier alpha value is -1.34. The van der Waals surface area contributed by atoms with Crippen LogP contribution < -0.4 is 5.32 Å². The van der Waals surface area contributed by atoms with E-state index in [9.17, 15) is 0 Å². The highest BCUT2D eigenvalue weighted by molar-refractivity contribution is 6.30. The third-order valence-corrected chi connectivity index (χ3v) is 7.23. The molecule has 3 saturated heterocycles. The average molecular weight is 434 g/mol. The molecule has 1 N–H and O–H groups in total. The monoisotopic (exact) mass is 433 g/mol.